The van der Waals surface area contributed by atoms with Crippen LogP contribution in [0.15, 0.2) is 35.7 Å². The fraction of sp³-hybridized carbons (Fsp3) is 0.133. The quantitative estimate of drug-likeness (QED) is 0.670. The molecule has 0 aliphatic carbocycles. The third kappa shape index (κ3) is 3.72. The molecule has 2 aromatic heterocycles. The number of halogens is 1. The zero-order valence-electron chi connectivity index (χ0n) is 12.3. The van der Waals surface area contributed by atoms with E-state index in [-0.39, 0.29) is 11.6 Å². The Morgan fingerprint density at radius 1 is 1.39 bits per heavy atom. The van der Waals surface area contributed by atoms with Crippen LogP contribution < -0.4 is 10.6 Å². The molecular formula is C15H14FN5OS. The maximum atomic E-state index is 13.8. The van der Waals surface area contributed by atoms with Crippen molar-refractivity contribution in [2.75, 3.05) is 10.6 Å². The van der Waals surface area contributed by atoms with Gasteiger partial charge in [-0.3, -0.25) is 9.89 Å². The van der Waals surface area contributed by atoms with E-state index in [1.165, 1.54) is 25.1 Å². The van der Waals surface area contributed by atoms with Crippen LogP contribution in [0.5, 0.6) is 0 Å². The molecule has 2 heterocycles. The molecule has 0 atom stereocenters. The SMILES string of the molecule is CC(=O)Nc1ccc(F)c(NCc2nc(-c3cccs3)n[nH]2)c1. The Hall–Kier alpha value is -2.74. The fourth-order valence-corrected chi connectivity index (χ4v) is 2.67. The van der Waals surface area contributed by atoms with Gasteiger partial charge in [-0.15, -0.1) is 11.3 Å². The van der Waals surface area contributed by atoms with Crippen LogP contribution in [0, 0.1) is 5.82 Å². The maximum absolute atomic E-state index is 13.8. The van der Waals surface area contributed by atoms with Crippen molar-refractivity contribution in [1.82, 2.24) is 15.2 Å². The van der Waals surface area contributed by atoms with Gasteiger partial charge in [-0.05, 0) is 29.6 Å². The number of carbonyl (C=O) groups is 1. The molecule has 0 unspecified atom stereocenters. The number of carbonyl (C=O) groups excluding carboxylic acids is 1. The van der Waals surface area contributed by atoms with Gasteiger partial charge in [0.25, 0.3) is 0 Å². The van der Waals surface area contributed by atoms with Gasteiger partial charge in [-0.1, -0.05) is 6.07 Å². The Kier molecular flexibility index (Phi) is 4.33. The summed E-state index contributed by atoms with van der Waals surface area (Å²) in [4.78, 5) is 16.4. The predicted octanol–water partition coefficient (Wildman–Crippen LogP) is 3.24. The molecule has 23 heavy (non-hydrogen) atoms. The maximum Gasteiger partial charge on any atom is 0.221 e. The minimum absolute atomic E-state index is 0.210. The van der Waals surface area contributed by atoms with Crippen molar-refractivity contribution < 1.29 is 9.18 Å². The molecule has 0 saturated heterocycles. The number of aromatic amines is 1. The standard InChI is InChI=1S/C15H14FN5OS/c1-9(22)18-10-4-5-11(16)12(7-10)17-8-14-19-15(21-20-14)13-3-2-6-23-13/h2-7,17H,8H2,1H3,(H,18,22)(H,19,20,21). The lowest BCUT2D eigenvalue weighted by Gasteiger charge is -2.08. The summed E-state index contributed by atoms with van der Waals surface area (Å²) in [5, 5.41) is 14.5. The second kappa shape index (κ2) is 6.57. The average molecular weight is 331 g/mol. The molecule has 0 spiro atoms. The molecule has 0 aliphatic heterocycles. The number of anilines is 2. The van der Waals surface area contributed by atoms with E-state index in [4.69, 9.17) is 0 Å². The number of amides is 1. The minimum atomic E-state index is -0.405. The molecule has 1 amide bonds. The molecule has 0 bridgehead atoms. The molecule has 0 fully saturated rings. The zero-order valence-corrected chi connectivity index (χ0v) is 13.1. The normalized spacial score (nSPS) is 10.5. The van der Waals surface area contributed by atoms with Crippen molar-refractivity contribution in [2.45, 2.75) is 13.5 Å². The van der Waals surface area contributed by atoms with Gasteiger partial charge in [0.1, 0.15) is 11.6 Å². The first-order valence-corrected chi connectivity index (χ1v) is 7.76. The minimum Gasteiger partial charge on any atom is -0.375 e. The van der Waals surface area contributed by atoms with E-state index < -0.39 is 5.82 Å². The largest absolute Gasteiger partial charge is 0.375 e. The summed E-state index contributed by atoms with van der Waals surface area (Å²) >= 11 is 1.55. The van der Waals surface area contributed by atoms with Gasteiger partial charge in [-0.2, -0.15) is 5.10 Å². The van der Waals surface area contributed by atoms with Crippen LogP contribution in [0.2, 0.25) is 0 Å². The topological polar surface area (TPSA) is 82.7 Å². The van der Waals surface area contributed by atoms with E-state index in [1.807, 2.05) is 17.5 Å². The Morgan fingerprint density at radius 3 is 3.00 bits per heavy atom. The number of hydrogen-bond acceptors (Lipinski definition) is 5. The van der Waals surface area contributed by atoms with Crippen LogP contribution in [0.3, 0.4) is 0 Å². The molecule has 0 saturated carbocycles. The molecule has 118 valence electrons. The summed E-state index contributed by atoms with van der Waals surface area (Å²) in [6.45, 7) is 1.69. The summed E-state index contributed by atoms with van der Waals surface area (Å²) in [6.07, 6.45) is 0. The van der Waals surface area contributed by atoms with E-state index in [0.717, 1.165) is 4.88 Å². The number of rotatable bonds is 5. The third-order valence-corrected chi connectivity index (χ3v) is 3.87. The highest BCUT2D eigenvalue weighted by Gasteiger charge is 2.08. The van der Waals surface area contributed by atoms with Gasteiger partial charge in [0.15, 0.2) is 5.82 Å². The number of benzene rings is 1. The van der Waals surface area contributed by atoms with Gasteiger partial charge < -0.3 is 10.6 Å². The Labute approximate surface area is 135 Å². The number of hydrogen-bond donors (Lipinski definition) is 3. The van der Waals surface area contributed by atoms with Gasteiger partial charge in [0, 0.05) is 12.6 Å². The van der Waals surface area contributed by atoms with Crippen LogP contribution in [0.25, 0.3) is 10.7 Å². The van der Waals surface area contributed by atoms with E-state index in [2.05, 4.69) is 25.8 Å². The number of thiophene rings is 1. The van der Waals surface area contributed by atoms with Crippen molar-refractivity contribution >= 4 is 28.6 Å². The van der Waals surface area contributed by atoms with Crippen LogP contribution >= 0.6 is 11.3 Å². The molecule has 6 nitrogen and oxygen atoms in total. The summed E-state index contributed by atoms with van der Waals surface area (Å²) < 4.78 is 13.8. The van der Waals surface area contributed by atoms with Crippen molar-refractivity contribution in [3.05, 3.63) is 47.4 Å². The first kappa shape index (κ1) is 15.2. The summed E-state index contributed by atoms with van der Waals surface area (Å²) in [5.41, 5.74) is 0.809. The second-order valence-corrected chi connectivity index (χ2v) is 5.76. The fourth-order valence-electron chi connectivity index (χ4n) is 2.01. The zero-order chi connectivity index (χ0) is 16.2. The molecule has 1 aromatic carbocycles. The highest BCUT2D eigenvalue weighted by atomic mass is 32.1. The monoisotopic (exact) mass is 331 g/mol. The highest BCUT2D eigenvalue weighted by molar-refractivity contribution is 7.13. The lowest BCUT2D eigenvalue weighted by Crippen LogP contribution is -2.08. The average Bonchev–Trinajstić information content (AvgIpc) is 3.17. The van der Waals surface area contributed by atoms with E-state index in [1.54, 1.807) is 11.3 Å². The lowest BCUT2D eigenvalue weighted by molar-refractivity contribution is -0.114. The third-order valence-electron chi connectivity index (χ3n) is 3.01. The Balaban J connectivity index is 1.69. The van der Waals surface area contributed by atoms with Gasteiger partial charge in [-0.25, -0.2) is 9.37 Å². The first-order valence-electron chi connectivity index (χ1n) is 6.88. The van der Waals surface area contributed by atoms with Crippen molar-refractivity contribution in [2.24, 2.45) is 0 Å². The summed E-state index contributed by atoms with van der Waals surface area (Å²) in [7, 11) is 0. The van der Waals surface area contributed by atoms with Crippen molar-refractivity contribution in [3.63, 3.8) is 0 Å². The van der Waals surface area contributed by atoms with Crippen molar-refractivity contribution in [1.29, 1.82) is 0 Å². The molecule has 3 N–H and O–H groups in total. The van der Waals surface area contributed by atoms with Crippen LogP contribution in [0.4, 0.5) is 15.8 Å². The number of H-pyrrole nitrogens is 1. The van der Waals surface area contributed by atoms with Crippen LogP contribution in [-0.2, 0) is 11.3 Å². The summed E-state index contributed by atoms with van der Waals surface area (Å²) in [6, 6.07) is 8.20. The van der Waals surface area contributed by atoms with E-state index in [0.29, 0.717) is 23.9 Å². The molecule has 8 heteroatoms. The van der Waals surface area contributed by atoms with Crippen molar-refractivity contribution in [3.8, 4) is 10.7 Å². The van der Waals surface area contributed by atoms with Crippen LogP contribution in [-0.4, -0.2) is 21.1 Å². The smallest absolute Gasteiger partial charge is 0.221 e. The number of nitrogens with one attached hydrogen (secondary N) is 3. The lowest BCUT2D eigenvalue weighted by atomic mass is 10.2. The molecular weight excluding hydrogens is 317 g/mol. The molecule has 0 aliphatic rings. The van der Waals surface area contributed by atoms with Gasteiger partial charge >= 0.3 is 0 Å². The molecule has 3 aromatic rings. The Bertz CT molecular complexity index is 815. The first-order chi connectivity index (χ1) is 11.1. The number of aromatic nitrogens is 3. The van der Waals surface area contributed by atoms with Crippen LogP contribution in [0.1, 0.15) is 12.7 Å². The van der Waals surface area contributed by atoms with E-state index in [9.17, 15) is 9.18 Å². The van der Waals surface area contributed by atoms with Gasteiger partial charge in [0.2, 0.25) is 5.91 Å². The highest BCUT2D eigenvalue weighted by Crippen LogP contribution is 2.22. The second-order valence-electron chi connectivity index (χ2n) is 4.81. The van der Waals surface area contributed by atoms with Gasteiger partial charge in [0.05, 0.1) is 17.1 Å². The molecule has 3 rings (SSSR count). The molecule has 0 radical (unpaired) electrons. The summed E-state index contributed by atoms with van der Waals surface area (Å²) in [5.74, 6) is 0.595. The predicted molar refractivity (Wildman–Crippen MR) is 87.7 cm³/mol. The Morgan fingerprint density at radius 2 is 2.26 bits per heavy atom. The van der Waals surface area contributed by atoms with E-state index >= 15 is 0 Å². The number of nitrogens with zero attached hydrogens (tertiary/aromatic N) is 2.